The largest absolute Gasteiger partial charge is 0.469 e. The zero-order valence-electron chi connectivity index (χ0n) is 22.1. The van der Waals surface area contributed by atoms with Gasteiger partial charge in [-0.15, -0.1) is 0 Å². The van der Waals surface area contributed by atoms with Gasteiger partial charge in [0.25, 0.3) is 0 Å². The number of rotatable bonds is 9. The van der Waals surface area contributed by atoms with E-state index < -0.39 is 24.4 Å². The van der Waals surface area contributed by atoms with Gasteiger partial charge in [-0.25, -0.2) is 0 Å². The molecule has 6 nitrogen and oxygen atoms in total. The summed E-state index contributed by atoms with van der Waals surface area (Å²) in [4.78, 5) is 11.6. The summed E-state index contributed by atoms with van der Waals surface area (Å²) in [6.45, 7) is 10.9. The van der Waals surface area contributed by atoms with Gasteiger partial charge in [0.15, 0.2) is 0 Å². The molecule has 2 heterocycles. The van der Waals surface area contributed by atoms with E-state index in [2.05, 4.69) is 65.0 Å². The summed E-state index contributed by atoms with van der Waals surface area (Å²) in [6, 6.07) is 0. The maximum absolute atomic E-state index is 11.6. The molecule has 2 aliphatic heterocycles. The van der Waals surface area contributed by atoms with Gasteiger partial charge in [0.05, 0.1) is 37.9 Å². The summed E-state index contributed by atoms with van der Waals surface area (Å²) in [6.07, 6.45) is 12.7. The minimum atomic E-state index is -0.996. The Morgan fingerprint density at radius 3 is 2.63 bits per heavy atom. The van der Waals surface area contributed by atoms with Gasteiger partial charge in [-0.05, 0) is 61.5 Å². The molecule has 10 atom stereocenters. The Bertz CT molecular complexity index is 842. The van der Waals surface area contributed by atoms with Crippen molar-refractivity contribution in [1.29, 1.82) is 0 Å². The van der Waals surface area contributed by atoms with Crippen molar-refractivity contribution < 1.29 is 29.2 Å². The van der Waals surface area contributed by atoms with Crippen LogP contribution in [-0.4, -0.2) is 59.9 Å². The average molecular weight is 489 g/mol. The summed E-state index contributed by atoms with van der Waals surface area (Å²) in [5.74, 6) is 1.27. The molecule has 0 bridgehead atoms. The highest BCUT2D eigenvalue weighted by Crippen LogP contribution is 2.48. The van der Waals surface area contributed by atoms with Crippen LogP contribution in [0.15, 0.2) is 47.6 Å². The summed E-state index contributed by atoms with van der Waals surface area (Å²) in [5, 5.41) is 20.5. The number of hydrogen-bond acceptors (Lipinski definition) is 6. The SMILES string of the molecule is CC[C@H]1O[C@@H](/C(C)=C/[C@H](C)/C=C/[C@H]2[C@@H](C)[C@@H]2/C=C/[C@@H]2O[C@H](CC(=O)OC)C[C@@H](O)[C@H]2O)CC=C1C. The van der Waals surface area contributed by atoms with Crippen LogP contribution in [0.3, 0.4) is 0 Å². The van der Waals surface area contributed by atoms with Crippen LogP contribution >= 0.6 is 0 Å². The fourth-order valence-corrected chi connectivity index (χ4v) is 5.29. The fourth-order valence-electron chi connectivity index (χ4n) is 5.29. The molecule has 0 radical (unpaired) electrons. The fraction of sp³-hybridized carbons (Fsp3) is 0.690. The van der Waals surface area contributed by atoms with E-state index in [9.17, 15) is 15.0 Å². The first-order valence-electron chi connectivity index (χ1n) is 13.1. The molecule has 0 amide bonds. The number of hydrogen-bond donors (Lipinski definition) is 2. The first-order chi connectivity index (χ1) is 16.6. The van der Waals surface area contributed by atoms with Crippen LogP contribution in [0.1, 0.15) is 60.3 Å². The molecule has 0 spiro atoms. The number of allylic oxidation sites excluding steroid dienone is 4. The molecular weight excluding hydrogens is 444 g/mol. The molecule has 3 aliphatic rings. The molecule has 35 heavy (non-hydrogen) atoms. The lowest BCUT2D eigenvalue weighted by Crippen LogP contribution is -2.47. The van der Waals surface area contributed by atoms with Crippen LogP contribution in [0, 0.1) is 23.7 Å². The minimum Gasteiger partial charge on any atom is -0.469 e. The number of aliphatic hydroxyl groups is 2. The van der Waals surface area contributed by atoms with Crippen molar-refractivity contribution in [3.8, 4) is 0 Å². The van der Waals surface area contributed by atoms with Crippen molar-refractivity contribution in [3.63, 3.8) is 0 Å². The highest BCUT2D eigenvalue weighted by molar-refractivity contribution is 5.69. The Hall–Kier alpha value is -1.73. The molecule has 0 aromatic heterocycles. The van der Waals surface area contributed by atoms with Crippen LogP contribution in [0.4, 0.5) is 0 Å². The Balaban J connectivity index is 1.53. The van der Waals surface area contributed by atoms with Crippen LogP contribution in [0.25, 0.3) is 0 Å². The summed E-state index contributed by atoms with van der Waals surface area (Å²) in [5.41, 5.74) is 2.62. The second-order valence-electron chi connectivity index (χ2n) is 10.6. The van der Waals surface area contributed by atoms with Crippen LogP contribution in [-0.2, 0) is 19.0 Å². The summed E-state index contributed by atoms with van der Waals surface area (Å²) in [7, 11) is 1.33. The van der Waals surface area contributed by atoms with E-state index in [1.807, 2.05) is 6.08 Å². The Morgan fingerprint density at radius 2 is 1.94 bits per heavy atom. The molecular formula is C29H44O6. The van der Waals surface area contributed by atoms with Gasteiger partial charge >= 0.3 is 5.97 Å². The Morgan fingerprint density at radius 1 is 1.23 bits per heavy atom. The predicted octanol–water partition coefficient (Wildman–Crippen LogP) is 4.52. The molecule has 1 saturated carbocycles. The molecule has 1 aliphatic carbocycles. The lowest BCUT2D eigenvalue weighted by Gasteiger charge is -2.35. The van der Waals surface area contributed by atoms with Gasteiger partial charge in [0.2, 0.25) is 0 Å². The highest BCUT2D eigenvalue weighted by atomic mass is 16.5. The molecule has 2 N–H and O–H groups in total. The van der Waals surface area contributed by atoms with Gasteiger partial charge in [0, 0.05) is 6.42 Å². The average Bonchev–Trinajstić information content (AvgIpc) is 3.46. The first kappa shape index (κ1) is 27.9. The molecule has 0 aromatic rings. The minimum absolute atomic E-state index is 0.0710. The third kappa shape index (κ3) is 7.39. The van der Waals surface area contributed by atoms with E-state index in [4.69, 9.17) is 14.2 Å². The zero-order valence-corrected chi connectivity index (χ0v) is 22.1. The van der Waals surface area contributed by atoms with Crippen molar-refractivity contribution in [3.05, 3.63) is 47.6 Å². The molecule has 3 rings (SSSR count). The van der Waals surface area contributed by atoms with E-state index in [1.54, 1.807) is 0 Å². The van der Waals surface area contributed by atoms with Gasteiger partial charge in [-0.1, -0.05) is 57.2 Å². The van der Waals surface area contributed by atoms with Crippen molar-refractivity contribution in [1.82, 2.24) is 0 Å². The third-order valence-electron chi connectivity index (χ3n) is 7.78. The van der Waals surface area contributed by atoms with Crippen molar-refractivity contribution in [2.75, 3.05) is 7.11 Å². The topological polar surface area (TPSA) is 85.2 Å². The van der Waals surface area contributed by atoms with E-state index in [1.165, 1.54) is 18.3 Å². The summed E-state index contributed by atoms with van der Waals surface area (Å²) >= 11 is 0. The van der Waals surface area contributed by atoms with Gasteiger partial charge in [-0.3, -0.25) is 4.79 Å². The third-order valence-corrected chi connectivity index (χ3v) is 7.78. The number of methoxy groups -OCH3 is 1. The van der Waals surface area contributed by atoms with E-state index in [-0.39, 0.29) is 31.0 Å². The summed E-state index contributed by atoms with van der Waals surface area (Å²) < 4.78 is 16.9. The lowest BCUT2D eigenvalue weighted by molar-refractivity contribution is -0.165. The maximum atomic E-state index is 11.6. The Labute approximate surface area is 210 Å². The number of aliphatic hydroxyl groups excluding tert-OH is 2. The number of carbonyl (C=O) groups excluding carboxylic acids is 1. The van der Waals surface area contributed by atoms with E-state index >= 15 is 0 Å². The quantitative estimate of drug-likeness (QED) is 0.367. The maximum Gasteiger partial charge on any atom is 0.308 e. The zero-order chi connectivity index (χ0) is 25.7. The van der Waals surface area contributed by atoms with Crippen LogP contribution in [0.2, 0.25) is 0 Å². The van der Waals surface area contributed by atoms with Crippen molar-refractivity contribution in [2.24, 2.45) is 23.7 Å². The number of carbonyl (C=O) groups is 1. The van der Waals surface area contributed by atoms with E-state index in [0.29, 0.717) is 23.7 Å². The predicted molar refractivity (Wildman–Crippen MR) is 137 cm³/mol. The van der Waals surface area contributed by atoms with Crippen molar-refractivity contribution >= 4 is 5.97 Å². The van der Waals surface area contributed by atoms with Gasteiger partial charge < -0.3 is 24.4 Å². The smallest absolute Gasteiger partial charge is 0.308 e. The number of ether oxygens (including phenoxy) is 3. The van der Waals surface area contributed by atoms with Crippen LogP contribution in [0.5, 0.6) is 0 Å². The van der Waals surface area contributed by atoms with Crippen LogP contribution < -0.4 is 0 Å². The highest BCUT2D eigenvalue weighted by Gasteiger charge is 2.43. The van der Waals surface area contributed by atoms with Crippen molar-refractivity contribution in [2.45, 2.75) is 96.9 Å². The first-order valence-corrected chi connectivity index (χ1v) is 13.1. The molecule has 196 valence electrons. The van der Waals surface area contributed by atoms with Gasteiger partial charge in [-0.2, -0.15) is 0 Å². The number of esters is 1. The molecule has 1 saturated heterocycles. The molecule has 0 aromatic carbocycles. The molecule has 0 unspecified atom stereocenters. The second kappa shape index (κ2) is 12.5. The Kier molecular flexibility index (Phi) is 9.94. The standard InChI is InChI=1S/C29H44O6/c1-7-25-18(3)9-12-26(35-25)19(4)14-17(2)8-10-22-20(5)23(22)11-13-27-29(32)24(30)15-21(34-27)16-28(31)33-6/h8-11,13-14,17,20-27,29-30,32H,7,12,15-16H2,1-6H3/b10-8+,13-11+,19-14+/t17-,20-,21+,22+,23+,24-,25-,26-,27+,29-/m1/s1. The monoisotopic (exact) mass is 488 g/mol. The lowest BCUT2D eigenvalue weighted by atomic mass is 9.95. The molecule has 6 heteroatoms. The second-order valence-corrected chi connectivity index (χ2v) is 10.6. The molecule has 2 fully saturated rings. The van der Waals surface area contributed by atoms with E-state index in [0.717, 1.165) is 12.8 Å². The van der Waals surface area contributed by atoms with Gasteiger partial charge in [0.1, 0.15) is 12.2 Å². The normalized spacial score (nSPS) is 39.0.